The minimum atomic E-state index is 0.870. The van der Waals surface area contributed by atoms with Crippen molar-refractivity contribution in [2.45, 2.75) is 26.3 Å². The first kappa shape index (κ1) is 19.6. The number of rotatable bonds is 8. The van der Waals surface area contributed by atoms with Crippen molar-refractivity contribution in [3.63, 3.8) is 0 Å². The number of thiophene rings is 1. The summed E-state index contributed by atoms with van der Waals surface area (Å²) in [5, 5.41) is 9.07. The molecule has 3 rings (SSSR count). The molecule has 0 amide bonds. The molecule has 6 nitrogen and oxygen atoms in total. The third-order valence-corrected chi connectivity index (χ3v) is 5.98. The van der Waals surface area contributed by atoms with Crippen molar-refractivity contribution >= 4 is 17.3 Å². The van der Waals surface area contributed by atoms with Crippen LogP contribution < -0.4 is 10.6 Å². The molecule has 2 aliphatic heterocycles. The molecule has 0 saturated carbocycles. The molecule has 0 unspecified atom stereocenters. The van der Waals surface area contributed by atoms with E-state index in [0.717, 1.165) is 78.0 Å². The van der Waals surface area contributed by atoms with E-state index in [0.29, 0.717) is 0 Å². The van der Waals surface area contributed by atoms with Crippen LogP contribution in [-0.4, -0.2) is 81.3 Å². The van der Waals surface area contributed by atoms with E-state index in [4.69, 9.17) is 9.73 Å². The smallest absolute Gasteiger partial charge is 0.191 e. The minimum absolute atomic E-state index is 0.870. The number of nitrogens with zero attached hydrogens (tertiary/aromatic N) is 3. The predicted octanol–water partition coefficient (Wildman–Crippen LogP) is 1.38. The van der Waals surface area contributed by atoms with E-state index in [1.807, 2.05) is 11.3 Å². The van der Waals surface area contributed by atoms with E-state index in [-0.39, 0.29) is 0 Å². The van der Waals surface area contributed by atoms with Crippen LogP contribution in [0.15, 0.2) is 16.4 Å². The van der Waals surface area contributed by atoms with E-state index in [1.165, 1.54) is 18.5 Å². The average molecular weight is 380 g/mol. The molecule has 2 N–H and O–H groups in total. The third kappa shape index (κ3) is 6.23. The lowest BCUT2D eigenvalue weighted by Crippen LogP contribution is -2.42. The van der Waals surface area contributed by atoms with Gasteiger partial charge in [0, 0.05) is 63.8 Å². The van der Waals surface area contributed by atoms with Gasteiger partial charge < -0.3 is 15.4 Å². The Morgan fingerprint density at radius 2 is 2.08 bits per heavy atom. The monoisotopic (exact) mass is 379 g/mol. The standard InChI is InChI=1S/C19H33N5OS/c1-2-20-19(21-6-3-8-23-11-13-25-14-12-23)22-7-10-24-9-4-18-17(16-24)5-15-26-18/h5,15H,2-4,6-14,16H2,1H3,(H2,20,21,22). The Hall–Kier alpha value is -1.15. The summed E-state index contributed by atoms with van der Waals surface area (Å²) in [6, 6.07) is 2.28. The number of guanidine groups is 1. The van der Waals surface area contributed by atoms with Gasteiger partial charge in [0.2, 0.25) is 0 Å². The van der Waals surface area contributed by atoms with Crippen LogP contribution in [0.3, 0.4) is 0 Å². The van der Waals surface area contributed by atoms with Gasteiger partial charge in [-0.25, -0.2) is 0 Å². The molecule has 1 saturated heterocycles. The van der Waals surface area contributed by atoms with Gasteiger partial charge in [0.15, 0.2) is 5.96 Å². The number of fused-ring (bicyclic) bond motifs is 1. The summed E-state index contributed by atoms with van der Waals surface area (Å²) in [5.74, 6) is 0.947. The van der Waals surface area contributed by atoms with E-state index in [2.05, 4.69) is 38.8 Å². The second-order valence-electron chi connectivity index (χ2n) is 6.89. The van der Waals surface area contributed by atoms with E-state index in [1.54, 1.807) is 4.88 Å². The molecular formula is C19H33N5OS. The first-order valence-electron chi connectivity index (χ1n) is 9.95. The zero-order valence-corrected chi connectivity index (χ0v) is 16.8. The normalized spacial score (nSPS) is 19.3. The molecule has 26 heavy (non-hydrogen) atoms. The molecule has 146 valence electrons. The molecule has 0 aliphatic carbocycles. The lowest BCUT2D eigenvalue weighted by atomic mass is 10.1. The zero-order chi connectivity index (χ0) is 18.0. The van der Waals surface area contributed by atoms with Crippen LogP contribution in [-0.2, 0) is 17.7 Å². The molecule has 0 radical (unpaired) electrons. The van der Waals surface area contributed by atoms with Crippen molar-refractivity contribution in [3.05, 3.63) is 21.9 Å². The lowest BCUT2D eigenvalue weighted by Gasteiger charge is -2.27. The summed E-state index contributed by atoms with van der Waals surface area (Å²) in [5.41, 5.74) is 1.52. The number of hydrogen-bond acceptors (Lipinski definition) is 5. The Balaban J connectivity index is 1.33. The first-order chi connectivity index (χ1) is 12.8. The fraction of sp³-hybridized carbons (Fsp3) is 0.737. The molecule has 0 spiro atoms. The molecule has 0 aromatic carbocycles. The van der Waals surface area contributed by atoms with Crippen molar-refractivity contribution in [2.24, 2.45) is 4.99 Å². The SMILES string of the molecule is CCNC(=NCCCN1CCOCC1)NCCN1CCc2sccc2C1. The average Bonchev–Trinajstić information content (AvgIpc) is 3.14. The zero-order valence-electron chi connectivity index (χ0n) is 16.0. The molecule has 0 bridgehead atoms. The summed E-state index contributed by atoms with van der Waals surface area (Å²) in [6.45, 7) is 13.1. The van der Waals surface area contributed by atoms with Crippen LogP contribution >= 0.6 is 11.3 Å². The summed E-state index contributed by atoms with van der Waals surface area (Å²) in [6.07, 6.45) is 2.30. The number of nitrogens with one attached hydrogen (secondary N) is 2. The molecular weight excluding hydrogens is 346 g/mol. The Bertz CT molecular complexity index is 556. The van der Waals surface area contributed by atoms with Crippen LogP contribution in [0.2, 0.25) is 0 Å². The van der Waals surface area contributed by atoms with Crippen molar-refractivity contribution in [3.8, 4) is 0 Å². The Kier molecular flexibility index (Phi) is 8.20. The molecule has 3 heterocycles. The highest BCUT2D eigenvalue weighted by molar-refractivity contribution is 7.10. The van der Waals surface area contributed by atoms with Crippen LogP contribution in [0.4, 0.5) is 0 Å². The first-order valence-corrected chi connectivity index (χ1v) is 10.8. The molecule has 0 atom stereocenters. The van der Waals surface area contributed by atoms with Gasteiger partial charge in [-0.2, -0.15) is 0 Å². The number of morpholine rings is 1. The molecule has 1 aromatic heterocycles. The Morgan fingerprint density at radius 3 is 2.92 bits per heavy atom. The van der Waals surface area contributed by atoms with Gasteiger partial charge in [-0.3, -0.25) is 14.8 Å². The Labute approximate surface area is 161 Å². The second kappa shape index (κ2) is 10.9. The van der Waals surface area contributed by atoms with Crippen LogP contribution in [0.5, 0.6) is 0 Å². The Morgan fingerprint density at radius 1 is 1.19 bits per heavy atom. The van der Waals surface area contributed by atoms with E-state index >= 15 is 0 Å². The van der Waals surface area contributed by atoms with Crippen LogP contribution in [0, 0.1) is 0 Å². The highest BCUT2D eigenvalue weighted by Crippen LogP contribution is 2.23. The van der Waals surface area contributed by atoms with Crippen molar-refractivity contribution < 1.29 is 4.74 Å². The maximum absolute atomic E-state index is 5.39. The molecule has 1 fully saturated rings. The van der Waals surface area contributed by atoms with Crippen molar-refractivity contribution in [1.29, 1.82) is 0 Å². The second-order valence-corrected chi connectivity index (χ2v) is 7.89. The van der Waals surface area contributed by atoms with Crippen molar-refractivity contribution in [1.82, 2.24) is 20.4 Å². The fourth-order valence-electron chi connectivity index (χ4n) is 3.48. The maximum Gasteiger partial charge on any atom is 0.191 e. The van der Waals surface area contributed by atoms with Crippen molar-refractivity contribution in [2.75, 3.05) is 65.6 Å². The summed E-state index contributed by atoms with van der Waals surface area (Å²) in [4.78, 5) is 11.3. The number of aliphatic imine (C=N–C) groups is 1. The van der Waals surface area contributed by atoms with Gasteiger partial charge in [0.1, 0.15) is 0 Å². The van der Waals surface area contributed by atoms with Gasteiger partial charge in [0.25, 0.3) is 0 Å². The summed E-state index contributed by atoms with van der Waals surface area (Å²) in [7, 11) is 0. The van der Waals surface area contributed by atoms with Gasteiger partial charge in [-0.15, -0.1) is 11.3 Å². The largest absolute Gasteiger partial charge is 0.379 e. The van der Waals surface area contributed by atoms with Gasteiger partial charge >= 0.3 is 0 Å². The van der Waals surface area contributed by atoms with Crippen LogP contribution in [0.1, 0.15) is 23.8 Å². The minimum Gasteiger partial charge on any atom is -0.379 e. The molecule has 7 heteroatoms. The van der Waals surface area contributed by atoms with E-state index in [9.17, 15) is 0 Å². The lowest BCUT2D eigenvalue weighted by molar-refractivity contribution is 0.0377. The quantitative estimate of drug-likeness (QED) is 0.406. The fourth-order valence-corrected chi connectivity index (χ4v) is 4.37. The van der Waals surface area contributed by atoms with E-state index < -0.39 is 0 Å². The topological polar surface area (TPSA) is 52.1 Å². The summed E-state index contributed by atoms with van der Waals surface area (Å²) >= 11 is 1.90. The molecule has 1 aromatic rings. The highest BCUT2D eigenvalue weighted by Gasteiger charge is 2.16. The third-order valence-electron chi connectivity index (χ3n) is 4.96. The molecule has 2 aliphatic rings. The summed E-state index contributed by atoms with van der Waals surface area (Å²) < 4.78 is 5.39. The van der Waals surface area contributed by atoms with Crippen LogP contribution in [0.25, 0.3) is 0 Å². The number of hydrogen-bond donors (Lipinski definition) is 2. The maximum atomic E-state index is 5.39. The predicted molar refractivity (Wildman–Crippen MR) is 109 cm³/mol. The van der Waals surface area contributed by atoms with Gasteiger partial charge in [-0.05, 0) is 36.8 Å². The van der Waals surface area contributed by atoms with Gasteiger partial charge in [-0.1, -0.05) is 0 Å². The highest BCUT2D eigenvalue weighted by atomic mass is 32.1. The number of ether oxygens (including phenoxy) is 1. The van der Waals surface area contributed by atoms with Gasteiger partial charge in [0.05, 0.1) is 13.2 Å².